The average molecular weight is 239 g/mol. The van der Waals surface area contributed by atoms with Gasteiger partial charge in [0.25, 0.3) is 0 Å². The van der Waals surface area contributed by atoms with Gasteiger partial charge in [0.2, 0.25) is 0 Å². The Balaban J connectivity index is 1.76. The van der Waals surface area contributed by atoms with Crippen molar-refractivity contribution in [3.05, 3.63) is 18.2 Å². The zero-order valence-electron chi connectivity index (χ0n) is 10.1. The molecule has 0 aliphatic carbocycles. The Kier molecular flexibility index (Phi) is 3.92. The highest BCUT2D eigenvalue weighted by atomic mass is 32.2. The first-order chi connectivity index (χ1) is 7.68. The molecule has 16 heavy (non-hydrogen) atoms. The van der Waals surface area contributed by atoms with Crippen LogP contribution in [-0.4, -0.2) is 34.1 Å². The van der Waals surface area contributed by atoms with Gasteiger partial charge < -0.3 is 10.3 Å². The number of hydrogen-bond acceptors (Lipinski definition) is 3. The SMILES string of the molecule is CC1(C)CCSCC1NCCc1ncc[nH]1. The van der Waals surface area contributed by atoms with E-state index >= 15 is 0 Å². The maximum Gasteiger partial charge on any atom is 0.107 e. The van der Waals surface area contributed by atoms with Crippen LogP contribution in [0.15, 0.2) is 12.4 Å². The zero-order valence-corrected chi connectivity index (χ0v) is 10.9. The summed E-state index contributed by atoms with van der Waals surface area (Å²) in [7, 11) is 0. The quantitative estimate of drug-likeness (QED) is 0.845. The van der Waals surface area contributed by atoms with Crippen molar-refractivity contribution in [1.82, 2.24) is 15.3 Å². The van der Waals surface area contributed by atoms with Gasteiger partial charge in [0.05, 0.1) is 0 Å². The van der Waals surface area contributed by atoms with Gasteiger partial charge in [0, 0.05) is 37.2 Å². The molecule has 2 N–H and O–H groups in total. The lowest BCUT2D eigenvalue weighted by Crippen LogP contribution is -2.47. The Labute approximate surface area is 102 Å². The predicted molar refractivity (Wildman–Crippen MR) is 69.8 cm³/mol. The van der Waals surface area contributed by atoms with Crippen molar-refractivity contribution >= 4 is 11.8 Å². The van der Waals surface area contributed by atoms with Crippen molar-refractivity contribution in [2.75, 3.05) is 18.1 Å². The highest BCUT2D eigenvalue weighted by Crippen LogP contribution is 2.33. The summed E-state index contributed by atoms with van der Waals surface area (Å²) in [6.45, 7) is 5.76. The third kappa shape index (κ3) is 3.01. The number of hydrogen-bond donors (Lipinski definition) is 2. The average Bonchev–Trinajstić information content (AvgIpc) is 2.73. The largest absolute Gasteiger partial charge is 0.349 e. The second-order valence-electron chi connectivity index (χ2n) is 5.11. The monoisotopic (exact) mass is 239 g/mol. The molecule has 0 spiro atoms. The van der Waals surface area contributed by atoms with E-state index in [4.69, 9.17) is 0 Å². The van der Waals surface area contributed by atoms with Gasteiger partial charge in [-0.1, -0.05) is 13.8 Å². The molecule has 0 radical (unpaired) electrons. The molecule has 4 heteroatoms. The Morgan fingerprint density at radius 2 is 2.50 bits per heavy atom. The molecule has 1 aromatic heterocycles. The molecule has 1 atom stereocenters. The summed E-state index contributed by atoms with van der Waals surface area (Å²) in [5.74, 6) is 3.63. The molecule has 0 saturated carbocycles. The van der Waals surface area contributed by atoms with E-state index in [2.05, 4.69) is 40.9 Å². The van der Waals surface area contributed by atoms with Crippen LogP contribution in [0.1, 0.15) is 26.1 Å². The summed E-state index contributed by atoms with van der Waals surface area (Å²) in [6, 6.07) is 0.640. The number of thioether (sulfide) groups is 1. The molecule has 0 bridgehead atoms. The van der Waals surface area contributed by atoms with E-state index < -0.39 is 0 Å². The van der Waals surface area contributed by atoms with Gasteiger partial charge in [-0.15, -0.1) is 0 Å². The molecular formula is C12H21N3S. The Morgan fingerprint density at radius 1 is 1.62 bits per heavy atom. The van der Waals surface area contributed by atoms with Gasteiger partial charge in [-0.05, 0) is 17.6 Å². The van der Waals surface area contributed by atoms with Gasteiger partial charge in [-0.3, -0.25) is 0 Å². The number of nitrogens with zero attached hydrogens (tertiary/aromatic N) is 1. The third-order valence-corrected chi connectivity index (χ3v) is 4.49. The highest BCUT2D eigenvalue weighted by molar-refractivity contribution is 7.99. The molecule has 2 heterocycles. The second-order valence-corrected chi connectivity index (χ2v) is 6.26. The van der Waals surface area contributed by atoms with Crippen molar-refractivity contribution in [3.8, 4) is 0 Å². The van der Waals surface area contributed by atoms with Gasteiger partial charge in [-0.2, -0.15) is 11.8 Å². The molecule has 1 fully saturated rings. The fraction of sp³-hybridized carbons (Fsp3) is 0.750. The topological polar surface area (TPSA) is 40.7 Å². The number of aromatic nitrogens is 2. The van der Waals surface area contributed by atoms with Gasteiger partial charge >= 0.3 is 0 Å². The molecule has 1 aromatic rings. The predicted octanol–water partition coefficient (Wildman–Crippen LogP) is 2.07. The highest BCUT2D eigenvalue weighted by Gasteiger charge is 2.31. The lowest BCUT2D eigenvalue weighted by molar-refractivity contribution is 0.247. The summed E-state index contributed by atoms with van der Waals surface area (Å²) < 4.78 is 0. The second kappa shape index (κ2) is 5.23. The molecule has 1 aliphatic heterocycles. The van der Waals surface area contributed by atoms with E-state index in [1.165, 1.54) is 17.9 Å². The van der Waals surface area contributed by atoms with Gasteiger partial charge in [0.15, 0.2) is 0 Å². The van der Waals surface area contributed by atoms with Crippen molar-refractivity contribution in [2.45, 2.75) is 32.7 Å². The Hall–Kier alpha value is -0.480. The lowest BCUT2D eigenvalue weighted by Gasteiger charge is -2.38. The van der Waals surface area contributed by atoms with Crippen LogP contribution in [-0.2, 0) is 6.42 Å². The van der Waals surface area contributed by atoms with Crippen molar-refractivity contribution < 1.29 is 0 Å². The van der Waals surface area contributed by atoms with Crippen molar-refractivity contribution in [3.63, 3.8) is 0 Å². The fourth-order valence-electron chi connectivity index (χ4n) is 2.07. The van der Waals surface area contributed by atoms with E-state index in [-0.39, 0.29) is 0 Å². The third-order valence-electron chi connectivity index (χ3n) is 3.43. The Morgan fingerprint density at radius 3 is 3.19 bits per heavy atom. The van der Waals surface area contributed by atoms with Crippen LogP contribution in [0.2, 0.25) is 0 Å². The number of imidazole rings is 1. The summed E-state index contributed by atoms with van der Waals surface area (Å²) in [5.41, 5.74) is 0.439. The maximum atomic E-state index is 4.23. The Bertz CT molecular complexity index is 308. The van der Waals surface area contributed by atoms with E-state index in [1.54, 1.807) is 0 Å². The maximum absolute atomic E-state index is 4.23. The van der Waals surface area contributed by atoms with E-state index in [0.29, 0.717) is 11.5 Å². The summed E-state index contributed by atoms with van der Waals surface area (Å²) in [6.07, 6.45) is 6.01. The molecule has 0 aromatic carbocycles. The van der Waals surface area contributed by atoms with Crippen LogP contribution in [0, 0.1) is 5.41 Å². The molecule has 2 rings (SSSR count). The van der Waals surface area contributed by atoms with Gasteiger partial charge in [0.1, 0.15) is 5.82 Å². The fourth-order valence-corrected chi connectivity index (χ4v) is 3.71. The summed E-state index contributed by atoms with van der Waals surface area (Å²) in [4.78, 5) is 7.37. The standard InChI is InChI=1S/C12H21N3S/c1-12(2)4-8-16-9-10(12)13-5-3-11-14-6-7-15-11/h6-7,10,13H,3-5,8-9H2,1-2H3,(H,14,15). The van der Waals surface area contributed by atoms with Crippen LogP contribution in [0.5, 0.6) is 0 Å². The van der Waals surface area contributed by atoms with E-state index in [0.717, 1.165) is 18.8 Å². The van der Waals surface area contributed by atoms with Crippen LogP contribution in [0.3, 0.4) is 0 Å². The van der Waals surface area contributed by atoms with Crippen molar-refractivity contribution in [1.29, 1.82) is 0 Å². The normalized spacial score (nSPS) is 24.5. The molecule has 1 unspecified atom stereocenters. The minimum Gasteiger partial charge on any atom is -0.349 e. The number of aromatic amines is 1. The summed E-state index contributed by atoms with van der Waals surface area (Å²) in [5, 5.41) is 3.67. The molecule has 3 nitrogen and oxygen atoms in total. The minimum absolute atomic E-state index is 0.439. The molecule has 0 amide bonds. The van der Waals surface area contributed by atoms with Crippen LogP contribution in [0.25, 0.3) is 0 Å². The molecule has 90 valence electrons. The van der Waals surface area contributed by atoms with Crippen LogP contribution < -0.4 is 5.32 Å². The summed E-state index contributed by atoms with van der Waals surface area (Å²) >= 11 is 2.07. The molecule has 1 saturated heterocycles. The van der Waals surface area contributed by atoms with Gasteiger partial charge in [-0.25, -0.2) is 4.98 Å². The minimum atomic E-state index is 0.439. The first-order valence-electron chi connectivity index (χ1n) is 5.98. The van der Waals surface area contributed by atoms with E-state index in [1.807, 2.05) is 12.4 Å². The van der Waals surface area contributed by atoms with Crippen LogP contribution >= 0.6 is 11.8 Å². The number of H-pyrrole nitrogens is 1. The lowest BCUT2D eigenvalue weighted by atomic mass is 9.82. The first-order valence-corrected chi connectivity index (χ1v) is 7.13. The number of nitrogens with one attached hydrogen (secondary N) is 2. The van der Waals surface area contributed by atoms with E-state index in [9.17, 15) is 0 Å². The smallest absolute Gasteiger partial charge is 0.107 e. The first kappa shape index (κ1) is 12.0. The van der Waals surface area contributed by atoms with Crippen LogP contribution in [0.4, 0.5) is 0 Å². The van der Waals surface area contributed by atoms with Crippen molar-refractivity contribution in [2.24, 2.45) is 5.41 Å². The molecular weight excluding hydrogens is 218 g/mol. The number of rotatable bonds is 4. The molecule has 1 aliphatic rings. The zero-order chi connectivity index (χ0) is 11.4.